The van der Waals surface area contributed by atoms with Gasteiger partial charge in [-0.25, -0.2) is 0 Å². The van der Waals surface area contributed by atoms with E-state index in [0.29, 0.717) is 19.8 Å². The van der Waals surface area contributed by atoms with Crippen LogP contribution in [0.1, 0.15) is 23.1 Å². The van der Waals surface area contributed by atoms with Crippen LogP contribution >= 0.6 is 11.8 Å². The zero-order chi connectivity index (χ0) is 21.7. The third-order valence-corrected chi connectivity index (χ3v) is 5.83. The Morgan fingerprint density at radius 1 is 0.806 bits per heavy atom. The first-order valence-corrected chi connectivity index (χ1v) is 11.2. The minimum absolute atomic E-state index is 0.0394. The molecule has 0 aliphatic heterocycles. The summed E-state index contributed by atoms with van der Waals surface area (Å²) >= 11 is 1.67. The van der Waals surface area contributed by atoms with Gasteiger partial charge in [0.05, 0.1) is 33.4 Å². The number of methoxy groups -OCH3 is 1. The fourth-order valence-electron chi connectivity index (χ4n) is 2.96. The molecule has 0 heterocycles. The highest BCUT2D eigenvalue weighted by molar-refractivity contribution is 7.99. The largest absolute Gasteiger partial charge is 0.469 e. The quantitative estimate of drug-likeness (QED) is 0.159. The van der Waals surface area contributed by atoms with Crippen LogP contribution < -0.4 is 0 Å². The molecule has 0 saturated carbocycles. The third-order valence-electron chi connectivity index (χ3n) is 4.66. The number of hydrogen-bond donors (Lipinski definition) is 0. The molecule has 4 nitrogen and oxygen atoms in total. The first kappa shape index (κ1) is 23.1. The molecular weight excluding hydrogens is 408 g/mol. The Morgan fingerprint density at radius 2 is 1.42 bits per heavy atom. The Kier molecular flexibility index (Phi) is 9.64. The fraction of sp³-hybridized carbons (Fsp3) is 0.269. The van der Waals surface area contributed by atoms with E-state index in [1.165, 1.54) is 7.11 Å². The predicted octanol–water partition coefficient (Wildman–Crippen LogP) is 5.64. The highest BCUT2D eigenvalue weighted by Crippen LogP contribution is 2.28. The molecule has 5 heteroatoms. The SMILES string of the molecule is COC(=O)Cc1ccc(SC(CCOCc2ccccc2)OCc2ccccc2)cc1. The normalized spacial score (nSPS) is 11.8. The van der Waals surface area contributed by atoms with Crippen molar-refractivity contribution in [3.05, 3.63) is 102 Å². The van der Waals surface area contributed by atoms with Crippen LogP contribution in [0.25, 0.3) is 0 Å². The molecule has 1 atom stereocenters. The van der Waals surface area contributed by atoms with Gasteiger partial charge >= 0.3 is 5.97 Å². The Labute approximate surface area is 188 Å². The van der Waals surface area contributed by atoms with E-state index in [-0.39, 0.29) is 17.8 Å². The van der Waals surface area contributed by atoms with Crippen LogP contribution in [0.5, 0.6) is 0 Å². The molecule has 3 rings (SSSR count). The highest BCUT2D eigenvalue weighted by atomic mass is 32.2. The van der Waals surface area contributed by atoms with Crippen molar-refractivity contribution in [1.82, 2.24) is 0 Å². The molecule has 0 aliphatic carbocycles. The van der Waals surface area contributed by atoms with Crippen LogP contribution in [-0.4, -0.2) is 25.1 Å². The van der Waals surface area contributed by atoms with Gasteiger partial charge in [0, 0.05) is 11.3 Å². The molecule has 0 saturated heterocycles. The molecule has 0 radical (unpaired) electrons. The zero-order valence-electron chi connectivity index (χ0n) is 17.7. The van der Waals surface area contributed by atoms with Gasteiger partial charge in [-0.1, -0.05) is 84.6 Å². The Balaban J connectivity index is 1.54. The maximum absolute atomic E-state index is 11.5. The number of esters is 1. The van der Waals surface area contributed by atoms with Gasteiger partial charge in [-0.3, -0.25) is 4.79 Å². The molecule has 0 aliphatic rings. The first-order chi connectivity index (χ1) is 15.2. The molecule has 3 aromatic carbocycles. The van der Waals surface area contributed by atoms with Crippen molar-refractivity contribution in [2.24, 2.45) is 0 Å². The molecule has 0 fully saturated rings. The first-order valence-electron chi connectivity index (χ1n) is 10.3. The van der Waals surface area contributed by atoms with Crippen molar-refractivity contribution in [3.8, 4) is 0 Å². The Bertz CT molecular complexity index is 898. The molecule has 162 valence electrons. The number of rotatable bonds is 12. The van der Waals surface area contributed by atoms with Crippen LogP contribution in [0.4, 0.5) is 0 Å². The molecule has 3 aromatic rings. The number of benzene rings is 3. The van der Waals surface area contributed by atoms with E-state index in [0.717, 1.165) is 28.0 Å². The second-order valence-corrected chi connectivity index (χ2v) is 8.30. The highest BCUT2D eigenvalue weighted by Gasteiger charge is 2.13. The van der Waals surface area contributed by atoms with Crippen molar-refractivity contribution in [1.29, 1.82) is 0 Å². The summed E-state index contributed by atoms with van der Waals surface area (Å²) in [5, 5.41) is 0. The summed E-state index contributed by atoms with van der Waals surface area (Å²) in [7, 11) is 1.40. The lowest BCUT2D eigenvalue weighted by atomic mass is 10.2. The Hall–Kier alpha value is -2.60. The maximum Gasteiger partial charge on any atom is 0.309 e. The summed E-state index contributed by atoms with van der Waals surface area (Å²) in [4.78, 5) is 12.5. The van der Waals surface area contributed by atoms with Crippen LogP contribution in [0.15, 0.2) is 89.8 Å². The lowest BCUT2D eigenvalue weighted by Gasteiger charge is -2.18. The molecule has 0 amide bonds. The maximum atomic E-state index is 11.5. The molecule has 0 bridgehead atoms. The second kappa shape index (κ2) is 13.0. The fourth-order valence-corrected chi connectivity index (χ4v) is 3.91. The van der Waals surface area contributed by atoms with E-state index in [2.05, 4.69) is 24.3 Å². The Morgan fingerprint density at radius 3 is 2.03 bits per heavy atom. The van der Waals surface area contributed by atoms with Crippen molar-refractivity contribution in [2.45, 2.75) is 36.4 Å². The monoisotopic (exact) mass is 436 g/mol. The van der Waals surface area contributed by atoms with E-state index in [4.69, 9.17) is 14.2 Å². The summed E-state index contributed by atoms with van der Waals surface area (Å²) in [5.41, 5.74) is 3.21. The third kappa shape index (κ3) is 8.58. The molecular formula is C26H28O4S. The lowest BCUT2D eigenvalue weighted by Crippen LogP contribution is -2.12. The van der Waals surface area contributed by atoms with Crippen LogP contribution in [0, 0.1) is 0 Å². The number of ether oxygens (including phenoxy) is 3. The van der Waals surface area contributed by atoms with Crippen LogP contribution in [0.3, 0.4) is 0 Å². The van der Waals surface area contributed by atoms with Crippen molar-refractivity contribution in [3.63, 3.8) is 0 Å². The van der Waals surface area contributed by atoms with Crippen molar-refractivity contribution < 1.29 is 19.0 Å². The minimum atomic E-state index is -0.236. The van der Waals surface area contributed by atoms with Gasteiger partial charge in [-0.15, -0.1) is 0 Å². The molecule has 0 spiro atoms. The lowest BCUT2D eigenvalue weighted by molar-refractivity contribution is -0.139. The second-order valence-electron chi connectivity index (χ2n) is 7.07. The van der Waals surface area contributed by atoms with Gasteiger partial charge in [-0.2, -0.15) is 0 Å². The summed E-state index contributed by atoms with van der Waals surface area (Å²) in [5.74, 6) is -0.236. The van der Waals surface area contributed by atoms with Gasteiger partial charge in [0.2, 0.25) is 0 Å². The standard InChI is InChI=1S/C26H28O4S/c1-28-25(27)18-21-12-14-24(15-13-21)31-26(30-20-23-10-6-3-7-11-23)16-17-29-19-22-8-4-2-5-9-22/h2-15,26H,16-20H2,1H3. The number of thioether (sulfide) groups is 1. The topological polar surface area (TPSA) is 44.8 Å². The van der Waals surface area contributed by atoms with Crippen molar-refractivity contribution in [2.75, 3.05) is 13.7 Å². The summed E-state index contributed by atoms with van der Waals surface area (Å²) in [6, 6.07) is 28.3. The van der Waals surface area contributed by atoms with Gasteiger partial charge in [0.25, 0.3) is 0 Å². The van der Waals surface area contributed by atoms with Crippen LogP contribution in [-0.2, 0) is 38.6 Å². The van der Waals surface area contributed by atoms with Gasteiger partial charge in [-0.05, 0) is 28.8 Å². The summed E-state index contributed by atoms with van der Waals surface area (Å²) in [6.45, 7) is 1.76. The predicted molar refractivity (Wildman–Crippen MR) is 124 cm³/mol. The number of carbonyl (C=O) groups is 1. The van der Waals surface area contributed by atoms with Gasteiger partial charge in [0.1, 0.15) is 5.44 Å². The molecule has 31 heavy (non-hydrogen) atoms. The molecule has 0 aromatic heterocycles. The molecule has 1 unspecified atom stereocenters. The number of hydrogen-bond acceptors (Lipinski definition) is 5. The van der Waals surface area contributed by atoms with Gasteiger partial charge in [0.15, 0.2) is 0 Å². The van der Waals surface area contributed by atoms with E-state index < -0.39 is 0 Å². The minimum Gasteiger partial charge on any atom is -0.469 e. The van der Waals surface area contributed by atoms with E-state index in [1.807, 2.05) is 60.7 Å². The number of carbonyl (C=O) groups excluding carboxylic acids is 1. The van der Waals surface area contributed by atoms with Gasteiger partial charge < -0.3 is 14.2 Å². The average molecular weight is 437 g/mol. The smallest absolute Gasteiger partial charge is 0.309 e. The summed E-state index contributed by atoms with van der Waals surface area (Å²) < 4.78 is 16.8. The van der Waals surface area contributed by atoms with E-state index >= 15 is 0 Å². The summed E-state index contributed by atoms with van der Waals surface area (Å²) in [6.07, 6.45) is 1.05. The molecule has 0 N–H and O–H groups in total. The van der Waals surface area contributed by atoms with Crippen LogP contribution in [0.2, 0.25) is 0 Å². The van der Waals surface area contributed by atoms with Crippen molar-refractivity contribution >= 4 is 17.7 Å². The zero-order valence-corrected chi connectivity index (χ0v) is 18.6. The van der Waals surface area contributed by atoms with E-state index in [9.17, 15) is 4.79 Å². The average Bonchev–Trinajstić information content (AvgIpc) is 2.82. The van der Waals surface area contributed by atoms with E-state index in [1.54, 1.807) is 11.8 Å².